The highest BCUT2D eigenvalue weighted by molar-refractivity contribution is 5.12. The zero-order valence-electron chi connectivity index (χ0n) is 11.7. The van der Waals surface area contributed by atoms with E-state index in [1.807, 2.05) is 19.1 Å². The summed E-state index contributed by atoms with van der Waals surface area (Å²) in [4.78, 5) is 2.48. The lowest BCUT2D eigenvalue weighted by Crippen LogP contribution is -2.49. The summed E-state index contributed by atoms with van der Waals surface area (Å²) in [5.41, 5.74) is 6.38. The van der Waals surface area contributed by atoms with E-state index in [2.05, 4.69) is 24.1 Å². The van der Waals surface area contributed by atoms with E-state index >= 15 is 0 Å². The van der Waals surface area contributed by atoms with Gasteiger partial charge < -0.3 is 20.4 Å². The van der Waals surface area contributed by atoms with Gasteiger partial charge in [-0.3, -0.25) is 0 Å². The van der Waals surface area contributed by atoms with Crippen LogP contribution in [0.3, 0.4) is 0 Å². The Morgan fingerprint density at radius 3 is 2.61 bits per heavy atom. The van der Waals surface area contributed by atoms with Crippen LogP contribution in [0.15, 0.2) is 16.5 Å². The van der Waals surface area contributed by atoms with E-state index in [-0.39, 0.29) is 11.5 Å². The number of aryl methyl sites for hydroxylation is 1. The van der Waals surface area contributed by atoms with Gasteiger partial charge in [0.25, 0.3) is 0 Å². The van der Waals surface area contributed by atoms with E-state index in [4.69, 9.17) is 10.2 Å². The molecule has 1 aliphatic rings. The maximum atomic E-state index is 6.37. The van der Waals surface area contributed by atoms with Crippen LogP contribution in [0.4, 0.5) is 0 Å². The molecule has 0 bridgehead atoms. The summed E-state index contributed by atoms with van der Waals surface area (Å²) in [6, 6.07) is 3.93. The van der Waals surface area contributed by atoms with Gasteiger partial charge in [0.15, 0.2) is 0 Å². The van der Waals surface area contributed by atoms with E-state index in [1.54, 1.807) is 0 Å². The molecule has 1 aliphatic heterocycles. The molecule has 18 heavy (non-hydrogen) atoms. The molecule has 3 N–H and O–H groups in total. The standard InChI is InChI=1S/C14H25N3O/c1-11-4-5-12(18-11)13(15)14(2,3)10-17-8-6-16-7-9-17/h4-5,13,16H,6-10,15H2,1-3H3. The minimum absolute atomic E-state index is 0.0155. The predicted molar refractivity (Wildman–Crippen MR) is 73.5 cm³/mol. The topological polar surface area (TPSA) is 54.4 Å². The van der Waals surface area contributed by atoms with Crippen molar-refractivity contribution in [2.75, 3.05) is 32.7 Å². The molecule has 1 fully saturated rings. The maximum absolute atomic E-state index is 6.37. The molecule has 0 saturated carbocycles. The van der Waals surface area contributed by atoms with Crippen LogP contribution in [-0.4, -0.2) is 37.6 Å². The van der Waals surface area contributed by atoms with E-state index in [9.17, 15) is 0 Å². The van der Waals surface area contributed by atoms with Crippen LogP contribution in [0.25, 0.3) is 0 Å². The molecule has 0 radical (unpaired) electrons. The van der Waals surface area contributed by atoms with Gasteiger partial charge in [-0.2, -0.15) is 0 Å². The van der Waals surface area contributed by atoms with Crippen molar-refractivity contribution in [1.82, 2.24) is 10.2 Å². The average Bonchev–Trinajstić information content (AvgIpc) is 2.75. The summed E-state index contributed by atoms with van der Waals surface area (Å²) < 4.78 is 5.66. The summed E-state index contributed by atoms with van der Waals surface area (Å²) in [6.45, 7) is 11.8. The Balaban J connectivity index is 2.00. The van der Waals surface area contributed by atoms with Crippen molar-refractivity contribution in [2.24, 2.45) is 11.1 Å². The first kappa shape index (κ1) is 13.6. The predicted octanol–water partition coefficient (Wildman–Crippen LogP) is 1.52. The molecular weight excluding hydrogens is 226 g/mol. The Labute approximate surface area is 110 Å². The molecule has 1 aromatic rings. The van der Waals surface area contributed by atoms with Crippen LogP contribution in [0.1, 0.15) is 31.4 Å². The highest BCUT2D eigenvalue weighted by atomic mass is 16.3. The molecular formula is C14H25N3O. The van der Waals surface area contributed by atoms with Crippen LogP contribution in [0.5, 0.6) is 0 Å². The number of rotatable bonds is 4. The first-order chi connectivity index (χ1) is 8.49. The molecule has 0 aromatic carbocycles. The second kappa shape index (κ2) is 5.43. The molecule has 4 heteroatoms. The molecule has 2 rings (SSSR count). The molecule has 0 amide bonds. The normalized spacial score (nSPS) is 20.0. The number of hydrogen-bond acceptors (Lipinski definition) is 4. The fraction of sp³-hybridized carbons (Fsp3) is 0.714. The summed E-state index contributed by atoms with van der Waals surface area (Å²) in [7, 11) is 0. The number of furan rings is 1. The van der Waals surface area contributed by atoms with Crippen molar-refractivity contribution in [3.05, 3.63) is 23.7 Å². The number of hydrogen-bond donors (Lipinski definition) is 2. The maximum Gasteiger partial charge on any atom is 0.121 e. The Kier molecular flexibility index (Phi) is 4.10. The molecule has 0 spiro atoms. The second-order valence-electron chi connectivity index (χ2n) is 5.94. The Morgan fingerprint density at radius 2 is 2.06 bits per heavy atom. The third kappa shape index (κ3) is 3.13. The SMILES string of the molecule is Cc1ccc(C(N)C(C)(C)CN2CCNCC2)o1. The van der Waals surface area contributed by atoms with Crippen LogP contribution < -0.4 is 11.1 Å². The second-order valence-corrected chi connectivity index (χ2v) is 5.94. The fourth-order valence-corrected chi connectivity index (χ4v) is 2.55. The van der Waals surface area contributed by atoms with Gasteiger partial charge in [-0.15, -0.1) is 0 Å². The van der Waals surface area contributed by atoms with Crippen LogP contribution >= 0.6 is 0 Å². The molecule has 0 aliphatic carbocycles. The number of nitrogens with two attached hydrogens (primary N) is 1. The van der Waals surface area contributed by atoms with Gasteiger partial charge >= 0.3 is 0 Å². The van der Waals surface area contributed by atoms with E-state index in [1.165, 1.54) is 0 Å². The quantitative estimate of drug-likeness (QED) is 0.852. The van der Waals surface area contributed by atoms with Gasteiger partial charge in [0.1, 0.15) is 11.5 Å². The number of nitrogens with zero attached hydrogens (tertiary/aromatic N) is 1. The van der Waals surface area contributed by atoms with Gasteiger partial charge in [-0.1, -0.05) is 13.8 Å². The molecule has 1 unspecified atom stereocenters. The van der Waals surface area contributed by atoms with Gasteiger partial charge in [0.2, 0.25) is 0 Å². The smallest absolute Gasteiger partial charge is 0.121 e. The Morgan fingerprint density at radius 1 is 1.39 bits per heavy atom. The molecule has 102 valence electrons. The largest absolute Gasteiger partial charge is 0.465 e. The monoisotopic (exact) mass is 251 g/mol. The first-order valence-corrected chi connectivity index (χ1v) is 6.74. The van der Waals surface area contributed by atoms with Crippen molar-refractivity contribution in [3.63, 3.8) is 0 Å². The minimum Gasteiger partial charge on any atom is -0.465 e. The summed E-state index contributed by atoms with van der Waals surface area (Å²) in [5.74, 6) is 1.83. The van der Waals surface area contributed by atoms with Crippen molar-refractivity contribution in [1.29, 1.82) is 0 Å². The highest BCUT2D eigenvalue weighted by Crippen LogP contribution is 2.33. The summed E-state index contributed by atoms with van der Waals surface area (Å²) >= 11 is 0. The van der Waals surface area contributed by atoms with E-state index in [0.29, 0.717) is 0 Å². The van der Waals surface area contributed by atoms with E-state index < -0.39 is 0 Å². The minimum atomic E-state index is -0.0546. The third-order valence-electron chi connectivity index (χ3n) is 3.75. The van der Waals surface area contributed by atoms with Gasteiger partial charge in [0, 0.05) is 32.7 Å². The van der Waals surface area contributed by atoms with Crippen LogP contribution in [0, 0.1) is 12.3 Å². The first-order valence-electron chi connectivity index (χ1n) is 6.74. The van der Waals surface area contributed by atoms with Gasteiger partial charge in [0.05, 0.1) is 6.04 Å². The fourth-order valence-electron chi connectivity index (χ4n) is 2.55. The third-order valence-corrected chi connectivity index (χ3v) is 3.75. The van der Waals surface area contributed by atoms with Gasteiger partial charge in [-0.25, -0.2) is 0 Å². The summed E-state index contributed by atoms with van der Waals surface area (Å²) in [5, 5.41) is 3.37. The number of nitrogens with one attached hydrogen (secondary N) is 1. The lowest BCUT2D eigenvalue weighted by atomic mass is 9.83. The molecule has 1 saturated heterocycles. The van der Waals surface area contributed by atoms with Crippen molar-refractivity contribution in [3.8, 4) is 0 Å². The van der Waals surface area contributed by atoms with Crippen LogP contribution in [0.2, 0.25) is 0 Å². The Hall–Kier alpha value is -0.840. The lowest BCUT2D eigenvalue weighted by Gasteiger charge is -2.37. The average molecular weight is 251 g/mol. The molecule has 1 aromatic heterocycles. The molecule has 2 heterocycles. The molecule has 1 atom stereocenters. The van der Waals surface area contributed by atoms with Crippen molar-refractivity contribution < 1.29 is 4.42 Å². The summed E-state index contributed by atoms with van der Waals surface area (Å²) in [6.07, 6.45) is 0. The zero-order valence-corrected chi connectivity index (χ0v) is 11.7. The van der Waals surface area contributed by atoms with Crippen molar-refractivity contribution in [2.45, 2.75) is 26.8 Å². The highest BCUT2D eigenvalue weighted by Gasteiger charge is 2.32. The van der Waals surface area contributed by atoms with Crippen LogP contribution in [-0.2, 0) is 0 Å². The van der Waals surface area contributed by atoms with Gasteiger partial charge in [-0.05, 0) is 24.5 Å². The van der Waals surface area contributed by atoms with E-state index in [0.717, 1.165) is 44.2 Å². The Bertz CT molecular complexity index is 380. The van der Waals surface area contributed by atoms with Crippen molar-refractivity contribution >= 4 is 0 Å². The number of piperazine rings is 1. The lowest BCUT2D eigenvalue weighted by molar-refractivity contribution is 0.130. The zero-order chi connectivity index (χ0) is 13.2. The molecule has 4 nitrogen and oxygen atoms in total.